The summed E-state index contributed by atoms with van der Waals surface area (Å²) in [4.78, 5) is 15.6. The Hall–Kier alpha value is -3.90. The number of nitrogens with one attached hydrogen (secondary N) is 1. The van der Waals surface area contributed by atoms with E-state index in [9.17, 15) is 4.79 Å². The SMILES string of the molecule is COc1ccc(NC(=O)N2Cc3ccccc3-n3cccc3[C@@H]2c2ccccc2Cl)cc1OC. The number of benzene rings is 3. The van der Waals surface area contributed by atoms with Crippen molar-refractivity contribution in [1.82, 2.24) is 9.47 Å². The van der Waals surface area contributed by atoms with Gasteiger partial charge in [0.15, 0.2) is 11.5 Å². The van der Waals surface area contributed by atoms with Crippen LogP contribution >= 0.6 is 11.6 Å². The number of aromatic nitrogens is 1. The zero-order valence-electron chi connectivity index (χ0n) is 18.9. The Morgan fingerprint density at radius 2 is 1.71 bits per heavy atom. The van der Waals surface area contributed by atoms with E-state index >= 15 is 0 Å². The normalized spacial score (nSPS) is 14.6. The first-order chi connectivity index (χ1) is 16.6. The van der Waals surface area contributed by atoms with Gasteiger partial charge in [-0.05, 0) is 47.5 Å². The first kappa shape index (κ1) is 21.9. The number of carbonyl (C=O) groups is 1. The lowest BCUT2D eigenvalue weighted by Crippen LogP contribution is -2.38. The third-order valence-corrected chi connectivity index (χ3v) is 6.40. The number of nitrogens with zero attached hydrogens (tertiary/aromatic N) is 2. The number of amides is 2. The molecule has 5 rings (SSSR count). The van der Waals surface area contributed by atoms with E-state index in [0.717, 1.165) is 22.5 Å². The van der Waals surface area contributed by atoms with Crippen LogP contribution in [0.3, 0.4) is 0 Å². The van der Waals surface area contributed by atoms with Crippen molar-refractivity contribution in [3.63, 3.8) is 0 Å². The van der Waals surface area contributed by atoms with Crippen LogP contribution in [0.4, 0.5) is 10.5 Å². The Bertz CT molecular complexity index is 1350. The lowest BCUT2D eigenvalue weighted by atomic mass is 10.0. The monoisotopic (exact) mass is 473 g/mol. The largest absolute Gasteiger partial charge is 0.493 e. The molecule has 1 N–H and O–H groups in total. The molecule has 34 heavy (non-hydrogen) atoms. The number of anilines is 1. The maximum Gasteiger partial charge on any atom is 0.322 e. The summed E-state index contributed by atoms with van der Waals surface area (Å²) in [7, 11) is 3.14. The van der Waals surface area contributed by atoms with Gasteiger partial charge in [0, 0.05) is 23.0 Å². The van der Waals surface area contributed by atoms with Crippen molar-refractivity contribution in [2.75, 3.05) is 19.5 Å². The van der Waals surface area contributed by atoms with Gasteiger partial charge in [0.25, 0.3) is 0 Å². The molecule has 2 heterocycles. The summed E-state index contributed by atoms with van der Waals surface area (Å²) < 4.78 is 12.9. The van der Waals surface area contributed by atoms with E-state index in [1.807, 2.05) is 65.7 Å². The van der Waals surface area contributed by atoms with Crippen LogP contribution in [-0.4, -0.2) is 29.7 Å². The van der Waals surface area contributed by atoms with Gasteiger partial charge in [-0.3, -0.25) is 0 Å². The van der Waals surface area contributed by atoms with Crippen LogP contribution in [0.1, 0.15) is 22.9 Å². The highest BCUT2D eigenvalue weighted by Crippen LogP contribution is 2.39. The van der Waals surface area contributed by atoms with Gasteiger partial charge in [-0.15, -0.1) is 0 Å². The van der Waals surface area contributed by atoms with Crippen LogP contribution in [0.25, 0.3) is 5.69 Å². The maximum absolute atomic E-state index is 13.8. The summed E-state index contributed by atoms with van der Waals surface area (Å²) in [5, 5.41) is 3.64. The molecule has 0 fully saturated rings. The number of methoxy groups -OCH3 is 2. The fourth-order valence-corrected chi connectivity index (χ4v) is 4.71. The van der Waals surface area contributed by atoms with Gasteiger partial charge in [0.05, 0.1) is 32.1 Å². The molecule has 2 amide bonds. The Morgan fingerprint density at radius 3 is 2.50 bits per heavy atom. The molecule has 1 aliphatic rings. The summed E-state index contributed by atoms with van der Waals surface area (Å²) in [6, 6.07) is 24.5. The standard InChI is InChI=1S/C27H24ClN3O3/c1-33-24-14-13-19(16-25(24)34-2)29-27(32)31-17-18-8-3-6-11-22(18)30-15-7-12-23(30)26(31)20-9-4-5-10-21(20)28/h3-16,26H,17H2,1-2H3,(H,29,32)/t26-/m0/s1. The third-order valence-electron chi connectivity index (χ3n) is 6.06. The van der Waals surface area contributed by atoms with Gasteiger partial charge in [0.2, 0.25) is 0 Å². The average molecular weight is 474 g/mol. The highest BCUT2D eigenvalue weighted by molar-refractivity contribution is 6.31. The predicted octanol–water partition coefficient (Wildman–Crippen LogP) is 6.29. The van der Waals surface area contributed by atoms with Gasteiger partial charge >= 0.3 is 6.03 Å². The molecular formula is C27H24ClN3O3. The summed E-state index contributed by atoms with van der Waals surface area (Å²) in [6.07, 6.45) is 2.02. The molecule has 7 heteroatoms. The van der Waals surface area contributed by atoms with E-state index in [2.05, 4.69) is 16.0 Å². The van der Waals surface area contributed by atoms with E-state index in [1.54, 1.807) is 32.4 Å². The lowest BCUT2D eigenvalue weighted by molar-refractivity contribution is 0.194. The zero-order valence-corrected chi connectivity index (χ0v) is 19.6. The summed E-state index contributed by atoms with van der Waals surface area (Å²) in [6.45, 7) is 0.410. The second kappa shape index (κ2) is 9.15. The highest BCUT2D eigenvalue weighted by atomic mass is 35.5. The molecular weight excluding hydrogens is 450 g/mol. The second-order valence-electron chi connectivity index (χ2n) is 7.98. The van der Waals surface area contributed by atoms with Gasteiger partial charge in [-0.25, -0.2) is 4.79 Å². The van der Waals surface area contributed by atoms with Crippen LogP contribution in [0, 0.1) is 0 Å². The molecule has 1 aliphatic heterocycles. The molecule has 172 valence electrons. The van der Waals surface area contributed by atoms with E-state index in [1.165, 1.54) is 0 Å². The Morgan fingerprint density at radius 1 is 0.941 bits per heavy atom. The van der Waals surface area contributed by atoms with E-state index in [0.29, 0.717) is 28.8 Å². The minimum Gasteiger partial charge on any atom is -0.493 e. The third kappa shape index (κ3) is 3.86. The first-order valence-corrected chi connectivity index (χ1v) is 11.3. The van der Waals surface area contributed by atoms with Crippen LogP contribution in [-0.2, 0) is 6.54 Å². The first-order valence-electron chi connectivity index (χ1n) is 10.9. The van der Waals surface area contributed by atoms with E-state index in [-0.39, 0.29) is 6.03 Å². The number of carbonyl (C=O) groups excluding carboxylic acids is 1. The molecule has 6 nitrogen and oxygen atoms in total. The van der Waals surface area contributed by atoms with Crippen LogP contribution in [0.2, 0.25) is 5.02 Å². The molecule has 0 aliphatic carbocycles. The van der Waals surface area contributed by atoms with Crippen molar-refractivity contribution in [2.45, 2.75) is 12.6 Å². The highest BCUT2D eigenvalue weighted by Gasteiger charge is 2.34. The fourth-order valence-electron chi connectivity index (χ4n) is 4.47. The molecule has 0 radical (unpaired) electrons. The molecule has 0 saturated heterocycles. The lowest BCUT2D eigenvalue weighted by Gasteiger charge is -2.31. The van der Waals surface area contributed by atoms with Gasteiger partial charge in [0.1, 0.15) is 6.04 Å². The summed E-state index contributed by atoms with van der Waals surface area (Å²) >= 11 is 6.66. The van der Waals surface area contributed by atoms with Crippen molar-refractivity contribution < 1.29 is 14.3 Å². The number of ether oxygens (including phenoxy) is 2. The molecule has 0 spiro atoms. The summed E-state index contributed by atoms with van der Waals surface area (Å²) in [5.41, 5.74) is 4.51. The van der Waals surface area contributed by atoms with E-state index < -0.39 is 6.04 Å². The Kier molecular flexibility index (Phi) is 5.90. The van der Waals surface area contributed by atoms with Crippen LogP contribution in [0.15, 0.2) is 85.1 Å². The zero-order chi connectivity index (χ0) is 23.7. The van der Waals surface area contributed by atoms with Crippen molar-refractivity contribution in [3.05, 3.63) is 107 Å². The molecule has 1 aromatic heterocycles. The minimum atomic E-state index is -0.392. The number of para-hydroxylation sites is 1. The minimum absolute atomic E-state index is 0.249. The molecule has 1 atom stereocenters. The predicted molar refractivity (Wildman–Crippen MR) is 133 cm³/mol. The van der Waals surface area contributed by atoms with Crippen molar-refractivity contribution in [2.24, 2.45) is 0 Å². The average Bonchev–Trinajstić information content (AvgIpc) is 3.29. The van der Waals surface area contributed by atoms with Crippen LogP contribution in [0.5, 0.6) is 11.5 Å². The number of halogens is 1. The molecule has 0 saturated carbocycles. The molecule has 3 aromatic carbocycles. The van der Waals surface area contributed by atoms with Gasteiger partial charge < -0.3 is 24.3 Å². The van der Waals surface area contributed by atoms with E-state index in [4.69, 9.17) is 21.1 Å². The van der Waals surface area contributed by atoms with Crippen molar-refractivity contribution in [1.29, 1.82) is 0 Å². The Labute approximate surface area is 203 Å². The number of fused-ring (bicyclic) bond motifs is 3. The number of hydrogen-bond donors (Lipinski definition) is 1. The maximum atomic E-state index is 13.8. The Balaban J connectivity index is 1.60. The van der Waals surface area contributed by atoms with Crippen molar-refractivity contribution >= 4 is 23.3 Å². The number of hydrogen-bond acceptors (Lipinski definition) is 3. The number of rotatable bonds is 4. The fraction of sp³-hybridized carbons (Fsp3) is 0.148. The number of urea groups is 1. The molecule has 0 unspecified atom stereocenters. The second-order valence-corrected chi connectivity index (χ2v) is 8.39. The van der Waals surface area contributed by atoms with Crippen LogP contribution < -0.4 is 14.8 Å². The topological polar surface area (TPSA) is 55.7 Å². The summed E-state index contributed by atoms with van der Waals surface area (Å²) in [5.74, 6) is 1.13. The quantitative estimate of drug-likeness (QED) is 0.379. The molecule has 0 bridgehead atoms. The van der Waals surface area contributed by atoms with Crippen molar-refractivity contribution in [3.8, 4) is 17.2 Å². The molecule has 4 aromatic rings. The van der Waals surface area contributed by atoms with Gasteiger partial charge in [-0.2, -0.15) is 0 Å². The smallest absolute Gasteiger partial charge is 0.322 e. The van der Waals surface area contributed by atoms with Gasteiger partial charge in [-0.1, -0.05) is 48.0 Å².